The van der Waals surface area contributed by atoms with Gasteiger partial charge in [-0.25, -0.2) is 0 Å². The zero-order valence-corrected chi connectivity index (χ0v) is 9.58. The average Bonchev–Trinajstić information content (AvgIpc) is 2.40. The average molecular weight is 230 g/mol. The van der Waals surface area contributed by atoms with Crippen LogP contribution in [-0.4, -0.2) is 22.2 Å². The fourth-order valence-electron chi connectivity index (χ4n) is 1.59. The van der Waals surface area contributed by atoms with Crippen molar-refractivity contribution < 1.29 is 9.84 Å². The van der Waals surface area contributed by atoms with E-state index in [2.05, 4.69) is 9.97 Å². The molecule has 0 aliphatic carbocycles. The lowest BCUT2D eigenvalue weighted by Crippen LogP contribution is -2.02. The first-order chi connectivity index (χ1) is 8.29. The van der Waals surface area contributed by atoms with Crippen molar-refractivity contribution in [3.05, 3.63) is 54.1 Å². The van der Waals surface area contributed by atoms with Crippen molar-refractivity contribution in [2.24, 2.45) is 0 Å². The summed E-state index contributed by atoms with van der Waals surface area (Å²) < 4.78 is 5.07. The number of aliphatic hydroxyl groups is 1. The molecule has 0 radical (unpaired) electrons. The highest BCUT2D eigenvalue weighted by molar-refractivity contribution is 5.26. The second kappa shape index (κ2) is 5.41. The Morgan fingerprint density at radius 1 is 1.24 bits per heavy atom. The Kier molecular flexibility index (Phi) is 3.67. The predicted molar refractivity (Wildman–Crippen MR) is 63.7 cm³/mol. The van der Waals surface area contributed by atoms with Crippen molar-refractivity contribution >= 4 is 0 Å². The molecule has 0 bridgehead atoms. The lowest BCUT2D eigenvalue weighted by Gasteiger charge is -2.11. The van der Waals surface area contributed by atoms with Gasteiger partial charge >= 0.3 is 0 Å². The number of hydrogen-bond acceptors (Lipinski definition) is 4. The van der Waals surface area contributed by atoms with E-state index < -0.39 is 6.10 Å². The fraction of sp³-hybridized carbons (Fsp3) is 0.231. The van der Waals surface area contributed by atoms with Gasteiger partial charge in [0.25, 0.3) is 0 Å². The fourth-order valence-corrected chi connectivity index (χ4v) is 1.59. The number of ether oxygens (including phenoxy) is 1. The minimum atomic E-state index is -0.583. The Balaban J connectivity index is 2.11. The summed E-state index contributed by atoms with van der Waals surface area (Å²) >= 11 is 0. The predicted octanol–water partition coefficient (Wildman–Crippen LogP) is 1.76. The Morgan fingerprint density at radius 3 is 2.71 bits per heavy atom. The molecule has 2 rings (SSSR count). The van der Waals surface area contributed by atoms with Gasteiger partial charge in [0, 0.05) is 30.6 Å². The molecule has 0 spiro atoms. The van der Waals surface area contributed by atoms with Crippen molar-refractivity contribution in [3.63, 3.8) is 0 Å². The molecule has 0 aliphatic rings. The molecule has 2 aromatic rings. The van der Waals surface area contributed by atoms with E-state index in [1.54, 1.807) is 38.0 Å². The van der Waals surface area contributed by atoms with Crippen LogP contribution in [0.4, 0.5) is 0 Å². The van der Waals surface area contributed by atoms with Crippen molar-refractivity contribution in [1.82, 2.24) is 9.97 Å². The SMILES string of the molecule is COc1cncc(C(O)Cc2ccncc2)c1. The van der Waals surface area contributed by atoms with Crippen LogP contribution in [0.1, 0.15) is 17.2 Å². The smallest absolute Gasteiger partial charge is 0.137 e. The molecule has 0 fully saturated rings. The van der Waals surface area contributed by atoms with Gasteiger partial charge in [0.1, 0.15) is 5.75 Å². The summed E-state index contributed by atoms with van der Waals surface area (Å²) in [6.07, 6.45) is 6.65. The summed E-state index contributed by atoms with van der Waals surface area (Å²) in [7, 11) is 1.58. The van der Waals surface area contributed by atoms with Gasteiger partial charge in [-0.1, -0.05) is 0 Å². The molecular weight excluding hydrogens is 216 g/mol. The summed E-state index contributed by atoms with van der Waals surface area (Å²) in [5.41, 5.74) is 1.79. The normalized spacial score (nSPS) is 12.1. The molecule has 1 N–H and O–H groups in total. The van der Waals surface area contributed by atoms with Crippen LogP contribution in [0.2, 0.25) is 0 Å². The molecule has 17 heavy (non-hydrogen) atoms. The second-order valence-corrected chi connectivity index (χ2v) is 3.73. The standard InChI is InChI=1S/C13H14N2O2/c1-17-12-7-11(8-15-9-12)13(16)6-10-2-4-14-5-3-10/h2-5,7-9,13,16H,6H2,1H3. The van der Waals surface area contributed by atoms with Crippen molar-refractivity contribution in [1.29, 1.82) is 0 Å². The highest BCUT2D eigenvalue weighted by Gasteiger charge is 2.09. The number of aliphatic hydroxyl groups excluding tert-OH is 1. The first-order valence-corrected chi connectivity index (χ1v) is 5.35. The lowest BCUT2D eigenvalue weighted by molar-refractivity contribution is 0.177. The second-order valence-electron chi connectivity index (χ2n) is 3.73. The van der Waals surface area contributed by atoms with E-state index in [1.165, 1.54) is 0 Å². The third-order valence-electron chi connectivity index (χ3n) is 2.53. The van der Waals surface area contributed by atoms with Crippen LogP contribution < -0.4 is 4.74 Å². The summed E-state index contributed by atoms with van der Waals surface area (Å²) in [6, 6.07) is 5.56. The van der Waals surface area contributed by atoms with E-state index in [0.29, 0.717) is 12.2 Å². The van der Waals surface area contributed by atoms with Gasteiger partial charge in [-0.05, 0) is 23.8 Å². The maximum Gasteiger partial charge on any atom is 0.137 e. The molecule has 2 heterocycles. The van der Waals surface area contributed by atoms with Gasteiger partial charge in [0.05, 0.1) is 19.4 Å². The Morgan fingerprint density at radius 2 is 2.00 bits per heavy atom. The molecule has 1 atom stereocenters. The molecular formula is C13H14N2O2. The Labute approximate surface area is 99.9 Å². The number of nitrogens with zero attached hydrogens (tertiary/aromatic N) is 2. The molecule has 0 amide bonds. The molecule has 0 saturated heterocycles. The summed E-state index contributed by atoms with van der Waals surface area (Å²) in [5, 5.41) is 10.1. The highest BCUT2D eigenvalue weighted by atomic mass is 16.5. The van der Waals surface area contributed by atoms with Crippen LogP contribution in [0.15, 0.2) is 43.0 Å². The minimum Gasteiger partial charge on any atom is -0.495 e. The van der Waals surface area contributed by atoms with Gasteiger partial charge < -0.3 is 9.84 Å². The van der Waals surface area contributed by atoms with E-state index in [-0.39, 0.29) is 0 Å². The Bertz CT molecular complexity index is 474. The van der Waals surface area contributed by atoms with Gasteiger partial charge in [0.2, 0.25) is 0 Å². The van der Waals surface area contributed by atoms with Crippen molar-refractivity contribution in [2.75, 3.05) is 7.11 Å². The van der Waals surface area contributed by atoms with E-state index in [9.17, 15) is 5.11 Å². The number of rotatable bonds is 4. The quantitative estimate of drug-likeness (QED) is 0.869. The molecule has 2 aromatic heterocycles. The molecule has 1 unspecified atom stereocenters. The van der Waals surface area contributed by atoms with Gasteiger partial charge in [-0.3, -0.25) is 9.97 Å². The molecule has 0 aliphatic heterocycles. The summed E-state index contributed by atoms with van der Waals surface area (Å²) in [4.78, 5) is 7.96. The van der Waals surface area contributed by atoms with Crippen LogP contribution in [0.5, 0.6) is 5.75 Å². The number of hydrogen-bond donors (Lipinski definition) is 1. The van der Waals surface area contributed by atoms with E-state index in [1.807, 2.05) is 12.1 Å². The number of aromatic nitrogens is 2. The minimum absolute atomic E-state index is 0.539. The molecule has 88 valence electrons. The highest BCUT2D eigenvalue weighted by Crippen LogP contribution is 2.20. The van der Waals surface area contributed by atoms with Gasteiger partial charge in [-0.15, -0.1) is 0 Å². The van der Waals surface area contributed by atoms with Crippen LogP contribution >= 0.6 is 0 Å². The molecule has 0 aromatic carbocycles. The molecule has 4 heteroatoms. The molecule has 0 saturated carbocycles. The summed E-state index contributed by atoms with van der Waals surface area (Å²) in [5.74, 6) is 0.649. The largest absolute Gasteiger partial charge is 0.495 e. The van der Waals surface area contributed by atoms with Gasteiger partial charge in [0.15, 0.2) is 0 Å². The van der Waals surface area contributed by atoms with Crippen LogP contribution in [0, 0.1) is 0 Å². The number of methoxy groups -OCH3 is 1. The van der Waals surface area contributed by atoms with Crippen LogP contribution in [-0.2, 0) is 6.42 Å². The van der Waals surface area contributed by atoms with E-state index in [0.717, 1.165) is 11.1 Å². The topological polar surface area (TPSA) is 55.2 Å². The summed E-state index contributed by atoms with van der Waals surface area (Å²) in [6.45, 7) is 0. The lowest BCUT2D eigenvalue weighted by atomic mass is 10.0. The Hall–Kier alpha value is -1.94. The first-order valence-electron chi connectivity index (χ1n) is 5.35. The maximum absolute atomic E-state index is 10.1. The van der Waals surface area contributed by atoms with Gasteiger partial charge in [-0.2, -0.15) is 0 Å². The van der Waals surface area contributed by atoms with Crippen LogP contribution in [0.25, 0.3) is 0 Å². The van der Waals surface area contributed by atoms with Crippen molar-refractivity contribution in [2.45, 2.75) is 12.5 Å². The zero-order valence-electron chi connectivity index (χ0n) is 9.58. The van der Waals surface area contributed by atoms with Crippen LogP contribution in [0.3, 0.4) is 0 Å². The third kappa shape index (κ3) is 3.01. The van der Waals surface area contributed by atoms with E-state index >= 15 is 0 Å². The maximum atomic E-state index is 10.1. The monoisotopic (exact) mass is 230 g/mol. The third-order valence-corrected chi connectivity index (χ3v) is 2.53. The first kappa shape index (κ1) is 11.5. The molecule has 4 nitrogen and oxygen atoms in total. The van der Waals surface area contributed by atoms with Crippen molar-refractivity contribution in [3.8, 4) is 5.75 Å². The number of pyridine rings is 2. The van der Waals surface area contributed by atoms with E-state index in [4.69, 9.17) is 4.74 Å². The zero-order chi connectivity index (χ0) is 12.1.